The number of anilines is 1. The van der Waals surface area contributed by atoms with Crippen LogP contribution in [-0.2, 0) is 6.42 Å². The lowest BCUT2D eigenvalue weighted by atomic mass is 10.2. The van der Waals surface area contributed by atoms with E-state index in [1.807, 2.05) is 0 Å². The van der Waals surface area contributed by atoms with Crippen molar-refractivity contribution in [3.8, 4) is 0 Å². The molecule has 1 aromatic rings. The molecule has 5 heteroatoms. The van der Waals surface area contributed by atoms with E-state index in [1.165, 1.54) is 12.8 Å². The smallest absolute Gasteiger partial charge is 0.205 e. The van der Waals surface area contributed by atoms with Gasteiger partial charge in [0.25, 0.3) is 0 Å². The van der Waals surface area contributed by atoms with Gasteiger partial charge in [0.1, 0.15) is 5.82 Å². The van der Waals surface area contributed by atoms with Gasteiger partial charge in [-0.15, -0.1) is 0 Å². The molecule has 0 aliphatic carbocycles. The van der Waals surface area contributed by atoms with Gasteiger partial charge < -0.3 is 10.2 Å². The minimum Gasteiger partial charge on any atom is -0.343 e. The predicted octanol–water partition coefficient (Wildman–Crippen LogP) is 2.46. The molecule has 0 bridgehead atoms. The fraction of sp³-hybridized carbons (Fsp3) is 0.846. The molecule has 1 N–H and O–H groups in total. The van der Waals surface area contributed by atoms with Gasteiger partial charge in [-0.1, -0.05) is 20.8 Å². The molecule has 1 aromatic heterocycles. The summed E-state index contributed by atoms with van der Waals surface area (Å²) in [5.41, 5.74) is 0. The summed E-state index contributed by atoms with van der Waals surface area (Å²) < 4.78 is 4.45. The number of aromatic nitrogens is 2. The van der Waals surface area contributed by atoms with Crippen LogP contribution in [0.3, 0.4) is 0 Å². The fourth-order valence-corrected chi connectivity index (χ4v) is 3.17. The zero-order valence-corrected chi connectivity index (χ0v) is 12.5. The first-order valence-electron chi connectivity index (χ1n) is 7.03. The average molecular weight is 268 g/mol. The third-order valence-corrected chi connectivity index (χ3v) is 4.11. The molecule has 0 radical (unpaired) electrons. The van der Waals surface area contributed by atoms with Crippen molar-refractivity contribution in [2.45, 2.75) is 58.5 Å². The van der Waals surface area contributed by atoms with Crippen LogP contribution in [0.5, 0.6) is 0 Å². The summed E-state index contributed by atoms with van der Waals surface area (Å²) in [6.45, 7) is 8.75. The van der Waals surface area contributed by atoms with E-state index >= 15 is 0 Å². The van der Waals surface area contributed by atoms with E-state index in [2.05, 4.69) is 40.3 Å². The second-order valence-electron chi connectivity index (χ2n) is 5.30. The molecule has 1 aliphatic heterocycles. The van der Waals surface area contributed by atoms with Crippen LogP contribution in [0.15, 0.2) is 0 Å². The van der Waals surface area contributed by atoms with Gasteiger partial charge in [0.15, 0.2) is 0 Å². The third kappa shape index (κ3) is 3.42. The Morgan fingerprint density at radius 3 is 3.06 bits per heavy atom. The lowest BCUT2D eigenvalue weighted by Gasteiger charge is -2.24. The van der Waals surface area contributed by atoms with Gasteiger partial charge >= 0.3 is 0 Å². The first-order valence-corrected chi connectivity index (χ1v) is 7.80. The van der Waals surface area contributed by atoms with Gasteiger partial charge in [-0.3, -0.25) is 0 Å². The number of rotatable bonds is 6. The lowest BCUT2D eigenvalue weighted by Crippen LogP contribution is -2.40. The molecule has 1 atom stereocenters. The minimum absolute atomic E-state index is 0.553. The first kappa shape index (κ1) is 13.7. The molecule has 1 aliphatic rings. The van der Waals surface area contributed by atoms with E-state index in [0.717, 1.165) is 36.9 Å². The van der Waals surface area contributed by atoms with Crippen molar-refractivity contribution < 1.29 is 0 Å². The molecule has 102 valence electrons. The van der Waals surface area contributed by atoms with Crippen LogP contribution in [0.2, 0.25) is 0 Å². The zero-order chi connectivity index (χ0) is 13.0. The minimum atomic E-state index is 0.553. The highest BCUT2D eigenvalue weighted by Crippen LogP contribution is 2.27. The van der Waals surface area contributed by atoms with Crippen molar-refractivity contribution in [3.63, 3.8) is 0 Å². The van der Waals surface area contributed by atoms with Crippen LogP contribution in [-0.4, -0.2) is 34.5 Å². The van der Waals surface area contributed by atoms with Crippen LogP contribution in [0, 0.1) is 0 Å². The lowest BCUT2D eigenvalue weighted by molar-refractivity contribution is 0.523. The van der Waals surface area contributed by atoms with Crippen molar-refractivity contribution >= 4 is 16.7 Å². The number of nitrogens with zero attached hydrogens (tertiary/aromatic N) is 3. The van der Waals surface area contributed by atoms with Gasteiger partial charge in [-0.25, -0.2) is 4.98 Å². The molecular weight excluding hydrogens is 244 g/mol. The number of hydrogen-bond acceptors (Lipinski definition) is 5. The van der Waals surface area contributed by atoms with Crippen molar-refractivity contribution in [2.75, 3.05) is 18.0 Å². The maximum absolute atomic E-state index is 4.66. The van der Waals surface area contributed by atoms with Gasteiger partial charge in [-0.2, -0.15) is 4.37 Å². The molecule has 1 unspecified atom stereocenters. The van der Waals surface area contributed by atoms with Crippen molar-refractivity contribution in [2.24, 2.45) is 0 Å². The molecule has 2 rings (SSSR count). The van der Waals surface area contributed by atoms with E-state index in [0.29, 0.717) is 12.1 Å². The molecule has 0 saturated carbocycles. The van der Waals surface area contributed by atoms with Crippen molar-refractivity contribution in [3.05, 3.63) is 5.82 Å². The molecule has 18 heavy (non-hydrogen) atoms. The van der Waals surface area contributed by atoms with Gasteiger partial charge in [0, 0.05) is 43.1 Å². The Hall–Kier alpha value is -0.680. The van der Waals surface area contributed by atoms with E-state index in [1.54, 1.807) is 11.5 Å². The van der Waals surface area contributed by atoms with Crippen LogP contribution >= 0.6 is 11.5 Å². The fourth-order valence-electron chi connectivity index (χ4n) is 2.36. The van der Waals surface area contributed by atoms with E-state index < -0.39 is 0 Å². The summed E-state index contributed by atoms with van der Waals surface area (Å²) in [7, 11) is 0. The zero-order valence-electron chi connectivity index (χ0n) is 11.6. The van der Waals surface area contributed by atoms with Gasteiger partial charge in [-0.05, 0) is 19.3 Å². The van der Waals surface area contributed by atoms with Crippen molar-refractivity contribution in [1.82, 2.24) is 14.7 Å². The SMILES string of the molecule is CCCc1nsc(N2CCCC2CNC(C)C)n1. The monoisotopic (exact) mass is 268 g/mol. The Kier molecular flexibility index (Phi) is 4.95. The van der Waals surface area contributed by atoms with Crippen LogP contribution in [0.25, 0.3) is 0 Å². The Morgan fingerprint density at radius 1 is 1.50 bits per heavy atom. The summed E-state index contributed by atoms with van der Waals surface area (Å²) in [6.07, 6.45) is 4.66. The highest BCUT2D eigenvalue weighted by atomic mass is 32.1. The quantitative estimate of drug-likeness (QED) is 0.860. The Labute approximate surface area is 114 Å². The normalized spacial score (nSPS) is 20.0. The predicted molar refractivity (Wildman–Crippen MR) is 77.4 cm³/mol. The number of nitrogens with one attached hydrogen (secondary N) is 1. The van der Waals surface area contributed by atoms with Crippen molar-refractivity contribution in [1.29, 1.82) is 0 Å². The largest absolute Gasteiger partial charge is 0.343 e. The summed E-state index contributed by atoms with van der Waals surface area (Å²) in [6, 6.07) is 1.15. The maximum Gasteiger partial charge on any atom is 0.205 e. The molecule has 0 spiro atoms. The molecule has 1 saturated heterocycles. The van der Waals surface area contributed by atoms with E-state index in [9.17, 15) is 0 Å². The summed E-state index contributed by atoms with van der Waals surface area (Å²) in [5, 5.41) is 4.65. The molecule has 0 amide bonds. The first-order chi connectivity index (χ1) is 8.70. The number of hydrogen-bond donors (Lipinski definition) is 1. The standard InChI is InChI=1S/C13H24N4S/c1-4-6-12-15-13(18-16-12)17-8-5-7-11(17)9-14-10(2)3/h10-11,14H,4-9H2,1-3H3. The molecule has 0 aromatic carbocycles. The second-order valence-corrected chi connectivity index (χ2v) is 6.03. The van der Waals surface area contributed by atoms with E-state index in [-0.39, 0.29) is 0 Å². The van der Waals surface area contributed by atoms with Crippen LogP contribution < -0.4 is 10.2 Å². The highest BCUT2D eigenvalue weighted by Gasteiger charge is 2.27. The van der Waals surface area contributed by atoms with Crippen LogP contribution in [0.1, 0.15) is 45.9 Å². The maximum atomic E-state index is 4.66. The van der Waals surface area contributed by atoms with Crippen LogP contribution in [0.4, 0.5) is 5.13 Å². The van der Waals surface area contributed by atoms with E-state index in [4.69, 9.17) is 0 Å². The Balaban J connectivity index is 1.96. The topological polar surface area (TPSA) is 41.1 Å². The van der Waals surface area contributed by atoms with Gasteiger partial charge in [0.2, 0.25) is 5.13 Å². The molecule has 1 fully saturated rings. The highest BCUT2D eigenvalue weighted by molar-refractivity contribution is 7.09. The molecule has 4 nitrogen and oxygen atoms in total. The van der Waals surface area contributed by atoms with Gasteiger partial charge in [0.05, 0.1) is 0 Å². The summed E-state index contributed by atoms with van der Waals surface area (Å²) >= 11 is 1.56. The second kappa shape index (κ2) is 6.48. The summed E-state index contributed by atoms with van der Waals surface area (Å²) in [5.74, 6) is 1.01. The average Bonchev–Trinajstić information content (AvgIpc) is 2.94. The summed E-state index contributed by atoms with van der Waals surface area (Å²) in [4.78, 5) is 7.10. The third-order valence-electron chi connectivity index (χ3n) is 3.32. The Morgan fingerprint density at radius 2 is 2.33 bits per heavy atom. The number of aryl methyl sites for hydroxylation is 1. The molecule has 2 heterocycles. The molecular formula is C13H24N4S. The Bertz CT molecular complexity index is 364.